The van der Waals surface area contributed by atoms with Gasteiger partial charge >= 0.3 is 5.97 Å². The van der Waals surface area contributed by atoms with Gasteiger partial charge in [-0.15, -0.1) is 0 Å². The first-order chi connectivity index (χ1) is 9.89. The molecule has 2 heterocycles. The summed E-state index contributed by atoms with van der Waals surface area (Å²) in [7, 11) is -2.16. The van der Waals surface area contributed by atoms with Crippen molar-refractivity contribution in [3.05, 3.63) is 0 Å². The molecule has 2 rings (SSSR count). The molecule has 2 atom stereocenters. The molecule has 0 spiro atoms. The molecular formula is C13H23NO6S. The van der Waals surface area contributed by atoms with Crippen LogP contribution in [0.5, 0.6) is 0 Å². The molecule has 0 aromatic carbocycles. The SMILES string of the molecule is COC1(C(=O)O)CCCN(S(=O)(=O)CCC2CCCO2)C1. The van der Waals surface area contributed by atoms with Crippen molar-refractivity contribution < 1.29 is 27.8 Å². The summed E-state index contributed by atoms with van der Waals surface area (Å²) in [5.41, 5.74) is -1.42. The number of rotatable bonds is 6. The van der Waals surface area contributed by atoms with Crippen LogP contribution in [-0.4, -0.2) is 68.1 Å². The van der Waals surface area contributed by atoms with E-state index in [-0.39, 0.29) is 18.4 Å². The lowest BCUT2D eigenvalue weighted by atomic mass is 9.94. The molecule has 0 saturated carbocycles. The quantitative estimate of drug-likeness (QED) is 0.763. The molecule has 0 aromatic rings. The highest BCUT2D eigenvalue weighted by molar-refractivity contribution is 7.89. The number of aliphatic carboxylic acids is 1. The van der Waals surface area contributed by atoms with E-state index >= 15 is 0 Å². The van der Waals surface area contributed by atoms with Crippen molar-refractivity contribution in [2.45, 2.75) is 43.8 Å². The zero-order chi connectivity index (χ0) is 15.5. The molecule has 2 aliphatic heterocycles. The molecule has 21 heavy (non-hydrogen) atoms. The second kappa shape index (κ2) is 6.60. The summed E-state index contributed by atoms with van der Waals surface area (Å²) in [5, 5.41) is 9.31. The van der Waals surface area contributed by atoms with E-state index in [4.69, 9.17) is 9.47 Å². The van der Waals surface area contributed by atoms with Crippen LogP contribution in [0.1, 0.15) is 32.1 Å². The van der Waals surface area contributed by atoms with Crippen molar-refractivity contribution >= 4 is 16.0 Å². The van der Waals surface area contributed by atoms with E-state index in [1.807, 2.05) is 0 Å². The van der Waals surface area contributed by atoms with Gasteiger partial charge in [-0.2, -0.15) is 4.31 Å². The standard InChI is InChI=1S/C13H23NO6S/c1-19-13(12(15)16)6-3-7-14(10-13)21(17,18)9-5-11-4-2-8-20-11/h11H,2-10H2,1H3,(H,15,16). The van der Waals surface area contributed by atoms with Gasteiger partial charge in [-0.25, -0.2) is 13.2 Å². The number of nitrogens with zero attached hydrogens (tertiary/aromatic N) is 1. The van der Waals surface area contributed by atoms with Gasteiger partial charge in [-0.1, -0.05) is 0 Å². The molecule has 8 heteroatoms. The van der Waals surface area contributed by atoms with E-state index in [1.165, 1.54) is 11.4 Å². The summed E-state index contributed by atoms with van der Waals surface area (Å²) in [6, 6.07) is 0. The summed E-state index contributed by atoms with van der Waals surface area (Å²) in [6.45, 7) is 0.930. The van der Waals surface area contributed by atoms with Crippen molar-refractivity contribution in [1.82, 2.24) is 4.31 Å². The van der Waals surface area contributed by atoms with Gasteiger partial charge in [-0.3, -0.25) is 0 Å². The maximum atomic E-state index is 12.4. The minimum Gasteiger partial charge on any atom is -0.479 e. The molecule has 2 unspecified atom stereocenters. The van der Waals surface area contributed by atoms with Crippen LogP contribution >= 0.6 is 0 Å². The van der Waals surface area contributed by atoms with Gasteiger partial charge in [0.25, 0.3) is 0 Å². The molecule has 2 saturated heterocycles. The van der Waals surface area contributed by atoms with E-state index in [1.54, 1.807) is 0 Å². The predicted octanol–water partition coefficient (Wildman–Crippen LogP) is 0.451. The Hall–Kier alpha value is -0.700. The first-order valence-corrected chi connectivity index (χ1v) is 8.88. The van der Waals surface area contributed by atoms with Crippen LogP contribution < -0.4 is 0 Å². The lowest BCUT2D eigenvalue weighted by molar-refractivity contribution is -0.166. The monoisotopic (exact) mass is 321 g/mol. The van der Waals surface area contributed by atoms with Gasteiger partial charge in [0, 0.05) is 20.3 Å². The smallest absolute Gasteiger partial charge is 0.337 e. The third-order valence-corrected chi connectivity index (χ3v) is 6.17. The number of methoxy groups -OCH3 is 1. The third kappa shape index (κ3) is 3.74. The van der Waals surface area contributed by atoms with E-state index in [0.29, 0.717) is 32.4 Å². The first-order valence-electron chi connectivity index (χ1n) is 7.28. The van der Waals surface area contributed by atoms with E-state index in [2.05, 4.69) is 0 Å². The second-order valence-corrected chi connectivity index (χ2v) is 7.77. The molecule has 2 fully saturated rings. The number of carbonyl (C=O) groups is 1. The Bertz CT molecular complexity index is 473. The Kier molecular flexibility index (Phi) is 5.24. The minimum atomic E-state index is -3.48. The van der Waals surface area contributed by atoms with Crippen molar-refractivity contribution in [3.63, 3.8) is 0 Å². The number of ether oxygens (including phenoxy) is 2. The number of carboxylic acid groups (broad SMARTS) is 1. The average Bonchev–Trinajstić information content (AvgIpc) is 2.98. The minimum absolute atomic E-state index is 0.00290. The summed E-state index contributed by atoms with van der Waals surface area (Å²) in [4.78, 5) is 11.4. The van der Waals surface area contributed by atoms with E-state index in [0.717, 1.165) is 12.8 Å². The second-order valence-electron chi connectivity index (χ2n) is 5.68. The third-order valence-electron chi connectivity index (χ3n) is 4.32. The zero-order valence-corrected chi connectivity index (χ0v) is 13.1. The van der Waals surface area contributed by atoms with Crippen LogP contribution in [0.2, 0.25) is 0 Å². The maximum absolute atomic E-state index is 12.4. The highest BCUT2D eigenvalue weighted by Crippen LogP contribution is 2.27. The van der Waals surface area contributed by atoms with Crippen LogP contribution in [0.15, 0.2) is 0 Å². The normalized spacial score (nSPS) is 31.4. The maximum Gasteiger partial charge on any atom is 0.337 e. The first kappa shape index (κ1) is 16.7. The van der Waals surface area contributed by atoms with Crippen LogP contribution in [0.25, 0.3) is 0 Å². The molecule has 2 aliphatic rings. The topological polar surface area (TPSA) is 93.1 Å². The Balaban J connectivity index is 2.00. The molecule has 1 N–H and O–H groups in total. The Morgan fingerprint density at radius 3 is 2.81 bits per heavy atom. The molecule has 0 radical (unpaired) electrons. The highest BCUT2D eigenvalue weighted by atomic mass is 32.2. The fourth-order valence-electron chi connectivity index (χ4n) is 2.93. The number of hydrogen-bond donors (Lipinski definition) is 1. The van der Waals surface area contributed by atoms with Crippen LogP contribution in [0, 0.1) is 0 Å². The molecule has 0 amide bonds. The fourth-order valence-corrected chi connectivity index (χ4v) is 4.56. The molecule has 122 valence electrons. The Labute approximate surface area is 125 Å². The summed E-state index contributed by atoms with van der Waals surface area (Å²) in [5.74, 6) is -1.11. The highest BCUT2D eigenvalue weighted by Gasteiger charge is 2.45. The van der Waals surface area contributed by atoms with Crippen LogP contribution in [0.3, 0.4) is 0 Å². The number of carboxylic acids is 1. The average molecular weight is 321 g/mol. The number of sulfonamides is 1. The molecule has 0 aromatic heterocycles. The van der Waals surface area contributed by atoms with Gasteiger partial charge in [0.2, 0.25) is 10.0 Å². The Morgan fingerprint density at radius 2 is 2.24 bits per heavy atom. The van der Waals surface area contributed by atoms with Crippen molar-refractivity contribution in [3.8, 4) is 0 Å². The van der Waals surface area contributed by atoms with Gasteiger partial charge in [0.1, 0.15) is 0 Å². The van der Waals surface area contributed by atoms with E-state index in [9.17, 15) is 18.3 Å². The Morgan fingerprint density at radius 1 is 1.48 bits per heavy atom. The van der Waals surface area contributed by atoms with Gasteiger partial charge in [-0.05, 0) is 32.1 Å². The van der Waals surface area contributed by atoms with Gasteiger partial charge in [0.05, 0.1) is 18.4 Å². The van der Waals surface area contributed by atoms with Gasteiger partial charge in [0.15, 0.2) is 5.60 Å². The summed E-state index contributed by atoms with van der Waals surface area (Å²) >= 11 is 0. The molecular weight excluding hydrogens is 298 g/mol. The summed E-state index contributed by atoms with van der Waals surface area (Å²) in [6.07, 6.45) is 3.16. The van der Waals surface area contributed by atoms with Crippen molar-refractivity contribution in [1.29, 1.82) is 0 Å². The lowest BCUT2D eigenvalue weighted by Crippen LogP contribution is -2.56. The lowest BCUT2D eigenvalue weighted by Gasteiger charge is -2.38. The predicted molar refractivity (Wildman–Crippen MR) is 75.6 cm³/mol. The molecule has 0 aliphatic carbocycles. The van der Waals surface area contributed by atoms with Crippen LogP contribution in [0.4, 0.5) is 0 Å². The molecule has 7 nitrogen and oxygen atoms in total. The fraction of sp³-hybridized carbons (Fsp3) is 0.923. The molecule has 0 bridgehead atoms. The van der Waals surface area contributed by atoms with Crippen molar-refractivity contribution in [2.75, 3.05) is 32.6 Å². The number of piperidine rings is 1. The largest absolute Gasteiger partial charge is 0.479 e. The summed E-state index contributed by atoms with van der Waals surface area (Å²) < 4.78 is 36.6. The van der Waals surface area contributed by atoms with Crippen molar-refractivity contribution in [2.24, 2.45) is 0 Å². The van der Waals surface area contributed by atoms with E-state index < -0.39 is 21.6 Å². The van der Waals surface area contributed by atoms with Crippen LogP contribution in [-0.2, 0) is 24.3 Å². The van der Waals surface area contributed by atoms with Gasteiger partial charge < -0.3 is 14.6 Å². The number of hydrogen-bond acceptors (Lipinski definition) is 5. The zero-order valence-electron chi connectivity index (χ0n) is 12.3.